The third kappa shape index (κ3) is 5.37. The first-order chi connectivity index (χ1) is 9.24. The fourth-order valence-corrected chi connectivity index (χ4v) is 2.67. The van der Waals surface area contributed by atoms with E-state index in [0.29, 0.717) is 5.15 Å². The number of hydrogen-bond acceptors (Lipinski definition) is 3. The van der Waals surface area contributed by atoms with Crippen molar-refractivity contribution in [3.8, 4) is 0 Å². The molecule has 1 aromatic heterocycles. The number of hydrogen-bond donors (Lipinski definition) is 1. The minimum atomic E-state index is 0.549. The van der Waals surface area contributed by atoms with Gasteiger partial charge in [0.25, 0.3) is 0 Å². The molecule has 1 saturated heterocycles. The molecule has 1 aliphatic rings. The Labute approximate surface area is 121 Å². The van der Waals surface area contributed by atoms with Crippen molar-refractivity contribution in [1.82, 2.24) is 9.88 Å². The number of unbranched alkanes of at least 4 members (excludes halogenated alkanes) is 1. The molecule has 3 nitrogen and oxygen atoms in total. The topological polar surface area (TPSA) is 28.2 Å². The first kappa shape index (κ1) is 14.6. The van der Waals surface area contributed by atoms with Gasteiger partial charge in [-0.1, -0.05) is 18.5 Å². The Morgan fingerprint density at radius 3 is 2.89 bits per heavy atom. The first-order valence-electron chi connectivity index (χ1n) is 7.32. The highest BCUT2D eigenvalue weighted by molar-refractivity contribution is 6.29. The summed E-state index contributed by atoms with van der Waals surface area (Å²) in [6.45, 7) is 7.18. The summed E-state index contributed by atoms with van der Waals surface area (Å²) in [6.07, 6.45) is 6.94. The van der Waals surface area contributed by atoms with Crippen LogP contribution in [0.2, 0.25) is 5.15 Å². The summed E-state index contributed by atoms with van der Waals surface area (Å²) < 4.78 is 0. The smallest absolute Gasteiger partial charge is 0.131 e. The van der Waals surface area contributed by atoms with Crippen LogP contribution >= 0.6 is 11.6 Å². The second kappa shape index (κ2) is 7.71. The van der Waals surface area contributed by atoms with Crippen molar-refractivity contribution in [2.24, 2.45) is 5.92 Å². The Morgan fingerprint density at radius 1 is 1.37 bits per heavy atom. The van der Waals surface area contributed by atoms with E-state index < -0.39 is 0 Å². The maximum Gasteiger partial charge on any atom is 0.131 e. The number of nitrogens with one attached hydrogen (secondary N) is 1. The van der Waals surface area contributed by atoms with Gasteiger partial charge in [0, 0.05) is 18.4 Å². The normalized spacial score (nSPS) is 17.6. The monoisotopic (exact) mass is 281 g/mol. The summed E-state index contributed by atoms with van der Waals surface area (Å²) in [5.74, 6) is 0.925. The van der Waals surface area contributed by atoms with Gasteiger partial charge in [-0.3, -0.25) is 0 Å². The van der Waals surface area contributed by atoms with Gasteiger partial charge in [-0.05, 0) is 63.4 Å². The summed E-state index contributed by atoms with van der Waals surface area (Å²) in [5.41, 5.74) is 1.06. The highest BCUT2D eigenvalue weighted by atomic mass is 35.5. The Morgan fingerprint density at radius 2 is 2.16 bits per heavy atom. The van der Waals surface area contributed by atoms with Gasteiger partial charge in [-0.25, -0.2) is 4.98 Å². The summed E-state index contributed by atoms with van der Waals surface area (Å²) >= 11 is 5.84. The third-order valence-corrected chi connectivity index (χ3v) is 4.04. The average Bonchev–Trinajstić information content (AvgIpc) is 2.41. The van der Waals surface area contributed by atoms with Crippen molar-refractivity contribution in [3.63, 3.8) is 0 Å². The highest BCUT2D eigenvalue weighted by Crippen LogP contribution is 2.16. The molecule has 2 rings (SSSR count). The molecular weight excluding hydrogens is 258 g/mol. The first-order valence-corrected chi connectivity index (χ1v) is 7.69. The average molecular weight is 282 g/mol. The molecule has 0 saturated carbocycles. The van der Waals surface area contributed by atoms with Gasteiger partial charge in [-0.2, -0.15) is 0 Å². The van der Waals surface area contributed by atoms with Gasteiger partial charge < -0.3 is 10.2 Å². The molecule has 0 atom stereocenters. The number of aromatic nitrogens is 1. The largest absolute Gasteiger partial charge is 0.385 e. The molecule has 0 radical (unpaired) electrons. The third-order valence-electron chi connectivity index (χ3n) is 3.83. The lowest BCUT2D eigenvalue weighted by Gasteiger charge is -2.30. The molecule has 0 bridgehead atoms. The molecule has 19 heavy (non-hydrogen) atoms. The number of anilines is 1. The van der Waals surface area contributed by atoms with E-state index in [2.05, 4.69) is 22.1 Å². The van der Waals surface area contributed by atoms with Crippen LogP contribution < -0.4 is 5.32 Å². The molecule has 1 aromatic rings. The standard InChI is InChI=1S/C15H24ClN3/c1-13-5-10-19(11-6-13)9-3-2-7-17-14-4-8-18-15(16)12-14/h4,8,12-13H,2-3,5-7,9-11H2,1H3,(H,17,18). The Kier molecular flexibility index (Phi) is 5.93. The van der Waals surface area contributed by atoms with Crippen LogP contribution in [0.1, 0.15) is 32.6 Å². The molecular formula is C15H24ClN3. The van der Waals surface area contributed by atoms with Gasteiger partial charge in [-0.15, -0.1) is 0 Å². The van der Waals surface area contributed by atoms with Crippen LogP contribution in [0.4, 0.5) is 5.69 Å². The zero-order valence-corrected chi connectivity index (χ0v) is 12.5. The number of piperidine rings is 1. The lowest BCUT2D eigenvalue weighted by atomic mass is 9.99. The fourth-order valence-electron chi connectivity index (χ4n) is 2.49. The van der Waals surface area contributed by atoms with Gasteiger partial charge in [0.05, 0.1) is 0 Å². The molecule has 0 aromatic carbocycles. The lowest BCUT2D eigenvalue weighted by Crippen LogP contribution is -2.33. The predicted octanol–water partition coefficient (Wildman–Crippen LogP) is 3.66. The van der Waals surface area contributed by atoms with E-state index in [1.165, 1.54) is 45.3 Å². The van der Waals surface area contributed by atoms with Crippen molar-refractivity contribution in [1.29, 1.82) is 0 Å². The van der Waals surface area contributed by atoms with E-state index in [1.54, 1.807) is 6.20 Å². The van der Waals surface area contributed by atoms with Crippen LogP contribution in [-0.2, 0) is 0 Å². The number of pyridine rings is 1. The molecule has 0 unspecified atom stereocenters. The minimum Gasteiger partial charge on any atom is -0.385 e. The van der Waals surface area contributed by atoms with E-state index in [9.17, 15) is 0 Å². The number of nitrogens with zero attached hydrogens (tertiary/aromatic N) is 2. The second-order valence-corrected chi connectivity index (χ2v) is 5.91. The Hall–Kier alpha value is -0.800. The van der Waals surface area contributed by atoms with E-state index in [-0.39, 0.29) is 0 Å². The zero-order chi connectivity index (χ0) is 13.5. The van der Waals surface area contributed by atoms with E-state index in [1.807, 2.05) is 12.1 Å². The molecule has 106 valence electrons. The lowest BCUT2D eigenvalue weighted by molar-refractivity contribution is 0.190. The van der Waals surface area contributed by atoms with Crippen LogP contribution in [0.15, 0.2) is 18.3 Å². The van der Waals surface area contributed by atoms with E-state index >= 15 is 0 Å². The van der Waals surface area contributed by atoms with Crippen LogP contribution in [0.25, 0.3) is 0 Å². The maximum atomic E-state index is 5.84. The zero-order valence-electron chi connectivity index (χ0n) is 11.7. The number of halogens is 1. The quantitative estimate of drug-likeness (QED) is 0.637. The van der Waals surface area contributed by atoms with Crippen LogP contribution in [0, 0.1) is 5.92 Å². The molecule has 0 amide bonds. The SMILES string of the molecule is CC1CCN(CCCCNc2ccnc(Cl)c2)CC1. The van der Waals surface area contributed by atoms with Crippen molar-refractivity contribution >= 4 is 17.3 Å². The van der Waals surface area contributed by atoms with Gasteiger partial charge in [0.15, 0.2) is 0 Å². The van der Waals surface area contributed by atoms with E-state index in [0.717, 1.165) is 18.2 Å². The van der Waals surface area contributed by atoms with Crippen LogP contribution in [-0.4, -0.2) is 36.1 Å². The number of likely N-dealkylation sites (tertiary alicyclic amines) is 1. The van der Waals surface area contributed by atoms with Crippen LogP contribution in [0.3, 0.4) is 0 Å². The summed E-state index contributed by atoms with van der Waals surface area (Å²) in [4.78, 5) is 6.57. The van der Waals surface area contributed by atoms with Gasteiger partial charge >= 0.3 is 0 Å². The maximum absolute atomic E-state index is 5.84. The highest BCUT2D eigenvalue weighted by Gasteiger charge is 2.14. The molecule has 0 spiro atoms. The van der Waals surface area contributed by atoms with Crippen molar-refractivity contribution < 1.29 is 0 Å². The Balaban J connectivity index is 1.55. The summed E-state index contributed by atoms with van der Waals surface area (Å²) in [7, 11) is 0. The predicted molar refractivity (Wildman–Crippen MR) is 81.8 cm³/mol. The fraction of sp³-hybridized carbons (Fsp3) is 0.667. The molecule has 1 aliphatic heterocycles. The van der Waals surface area contributed by atoms with E-state index in [4.69, 9.17) is 11.6 Å². The minimum absolute atomic E-state index is 0.549. The number of rotatable bonds is 6. The molecule has 4 heteroatoms. The molecule has 0 aliphatic carbocycles. The summed E-state index contributed by atoms with van der Waals surface area (Å²) in [6, 6.07) is 3.82. The van der Waals surface area contributed by atoms with Gasteiger partial charge in [0.2, 0.25) is 0 Å². The van der Waals surface area contributed by atoms with Crippen molar-refractivity contribution in [2.45, 2.75) is 32.6 Å². The molecule has 2 heterocycles. The summed E-state index contributed by atoms with van der Waals surface area (Å²) in [5, 5.41) is 3.94. The Bertz CT molecular complexity index is 375. The van der Waals surface area contributed by atoms with Gasteiger partial charge in [0.1, 0.15) is 5.15 Å². The van der Waals surface area contributed by atoms with Crippen molar-refractivity contribution in [2.75, 3.05) is 31.5 Å². The molecule has 1 fully saturated rings. The second-order valence-electron chi connectivity index (χ2n) is 5.53. The van der Waals surface area contributed by atoms with Crippen molar-refractivity contribution in [3.05, 3.63) is 23.5 Å². The molecule has 1 N–H and O–H groups in total. The van der Waals surface area contributed by atoms with Crippen LogP contribution in [0.5, 0.6) is 0 Å².